The Kier molecular flexibility index (Phi) is 4.17. The van der Waals surface area contributed by atoms with Crippen molar-refractivity contribution in [3.8, 4) is 0 Å². The summed E-state index contributed by atoms with van der Waals surface area (Å²) in [5.74, 6) is 1.14. The third-order valence-electron chi connectivity index (χ3n) is 4.98. The Hall–Kier alpha value is -2.40. The van der Waals surface area contributed by atoms with E-state index in [2.05, 4.69) is 58.1 Å². The first kappa shape index (κ1) is 16.1. The number of nitrogens with zero attached hydrogens (tertiary/aromatic N) is 3. The van der Waals surface area contributed by atoms with Gasteiger partial charge in [-0.1, -0.05) is 12.1 Å². The van der Waals surface area contributed by atoms with Gasteiger partial charge in [0.25, 0.3) is 0 Å². The monoisotopic (exact) mass is 338 g/mol. The SMILES string of the molecule is CN(C)c1ccc(CN2CC[C@H](c3nc4ccc(F)cc4[nH]3)C2)cc1. The highest BCUT2D eigenvalue weighted by Crippen LogP contribution is 2.28. The molecule has 0 spiro atoms. The van der Waals surface area contributed by atoms with E-state index in [4.69, 9.17) is 0 Å². The Bertz CT molecular complexity index is 869. The average Bonchev–Trinajstić information content (AvgIpc) is 3.21. The van der Waals surface area contributed by atoms with Gasteiger partial charge in [-0.2, -0.15) is 0 Å². The van der Waals surface area contributed by atoms with Gasteiger partial charge in [-0.3, -0.25) is 4.90 Å². The summed E-state index contributed by atoms with van der Waals surface area (Å²) in [6.45, 7) is 3.00. The second-order valence-corrected chi connectivity index (χ2v) is 7.07. The number of imidazole rings is 1. The molecule has 0 saturated carbocycles. The molecule has 0 unspecified atom stereocenters. The van der Waals surface area contributed by atoms with E-state index in [-0.39, 0.29) is 5.82 Å². The molecular weight excluding hydrogens is 315 g/mol. The van der Waals surface area contributed by atoms with E-state index in [9.17, 15) is 4.39 Å². The van der Waals surface area contributed by atoms with Crippen LogP contribution in [0.1, 0.15) is 23.7 Å². The molecule has 2 heterocycles. The Labute approximate surface area is 147 Å². The van der Waals surface area contributed by atoms with Crippen LogP contribution >= 0.6 is 0 Å². The molecule has 25 heavy (non-hydrogen) atoms. The topological polar surface area (TPSA) is 35.2 Å². The lowest BCUT2D eigenvalue weighted by molar-refractivity contribution is 0.326. The summed E-state index contributed by atoms with van der Waals surface area (Å²) in [6.07, 6.45) is 1.08. The van der Waals surface area contributed by atoms with Gasteiger partial charge in [-0.05, 0) is 48.9 Å². The number of benzene rings is 2. The predicted octanol–water partition coefficient (Wildman–Crippen LogP) is 3.76. The summed E-state index contributed by atoms with van der Waals surface area (Å²) in [7, 11) is 4.11. The minimum absolute atomic E-state index is 0.225. The first-order valence-corrected chi connectivity index (χ1v) is 8.72. The van der Waals surface area contributed by atoms with Gasteiger partial charge in [0.1, 0.15) is 11.6 Å². The Morgan fingerprint density at radius 2 is 2.00 bits per heavy atom. The maximum absolute atomic E-state index is 13.3. The van der Waals surface area contributed by atoms with Crippen molar-refractivity contribution >= 4 is 16.7 Å². The Balaban J connectivity index is 1.43. The molecule has 2 aromatic carbocycles. The molecule has 0 bridgehead atoms. The molecule has 1 atom stereocenters. The minimum atomic E-state index is -0.225. The molecule has 1 aliphatic heterocycles. The molecule has 4 nitrogen and oxygen atoms in total. The number of aromatic amines is 1. The van der Waals surface area contributed by atoms with Crippen molar-refractivity contribution in [3.63, 3.8) is 0 Å². The summed E-state index contributed by atoms with van der Waals surface area (Å²) in [4.78, 5) is 12.5. The van der Waals surface area contributed by atoms with Crippen LogP contribution in [-0.4, -0.2) is 42.1 Å². The highest BCUT2D eigenvalue weighted by Gasteiger charge is 2.26. The summed E-state index contributed by atoms with van der Waals surface area (Å²) in [5.41, 5.74) is 4.18. The van der Waals surface area contributed by atoms with E-state index >= 15 is 0 Å². The van der Waals surface area contributed by atoms with Gasteiger partial charge in [0.2, 0.25) is 0 Å². The molecule has 1 aromatic heterocycles. The van der Waals surface area contributed by atoms with Gasteiger partial charge in [-0.15, -0.1) is 0 Å². The van der Waals surface area contributed by atoms with Gasteiger partial charge < -0.3 is 9.88 Å². The second kappa shape index (κ2) is 6.48. The van der Waals surface area contributed by atoms with E-state index in [1.165, 1.54) is 23.4 Å². The van der Waals surface area contributed by atoms with Crippen LogP contribution in [0.25, 0.3) is 11.0 Å². The molecule has 1 saturated heterocycles. The molecule has 0 amide bonds. The van der Waals surface area contributed by atoms with E-state index < -0.39 is 0 Å². The Morgan fingerprint density at radius 3 is 2.76 bits per heavy atom. The number of halogens is 1. The lowest BCUT2D eigenvalue weighted by Gasteiger charge is -2.17. The molecule has 4 rings (SSSR count). The number of H-pyrrole nitrogens is 1. The van der Waals surface area contributed by atoms with Gasteiger partial charge in [-0.25, -0.2) is 9.37 Å². The number of fused-ring (bicyclic) bond motifs is 1. The third-order valence-corrected chi connectivity index (χ3v) is 4.98. The van der Waals surface area contributed by atoms with E-state index in [0.717, 1.165) is 42.9 Å². The molecule has 5 heteroatoms. The number of hydrogen-bond donors (Lipinski definition) is 1. The van der Waals surface area contributed by atoms with Crippen LogP contribution in [0.15, 0.2) is 42.5 Å². The van der Waals surface area contributed by atoms with Gasteiger partial charge >= 0.3 is 0 Å². The largest absolute Gasteiger partial charge is 0.378 e. The zero-order valence-electron chi connectivity index (χ0n) is 14.7. The molecule has 3 aromatic rings. The van der Waals surface area contributed by atoms with Crippen molar-refractivity contribution in [1.82, 2.24) is 14.9 Å². The first-order chi connectivity index (χ1) is 12.1. The number of nitrogens with one attached hydrogen (secondary N) is 1. The molecule has 0 radical (unpaired) electrons. The molecule has 130 valence electrons. The fourth-order valence-corrected chi connectivity index (χ4v) is 3.55. The fourth-order valence-electron chi connectivity index (χ4n) is 3.55. The normalized spacial score (nSPS) is 18.1. The van der Waals surface area contributed by atoms with Crippen LogP contribution in [0.2, 0.25) is 0 Å². The highest BCUT2D eigenvalue weighted by atomic mass is 19.1. The van der Waals surface area contributed by atoms with Crippen LogP contribution in [0.5, 0.6) is 0 Å². The average molecular weight is 338 g/mol. The predicted molar refractivity (Wildman–Crippen MR) is 99.5 cm³/mol. The number of anilines is 1. The van der Waals surface area contributed by atoms with Crippen molar-refractivity contribution in [3.05, 3.63) is 59.7 Å². The van der Waals surface area contributed by atoms with Crippen molar-refractivity contribution in [2.45, 2.75) is 18.9 Å². The van der Waals surface area contributed by atoms with Crippen LogP contribution < -0.4 is 4.90 Å². The summed E-state index contributed by atoms with van der Waals surface area (Å²) < 4.78 is 13.3. The molecular formula is C20H23FN4. The second-order valence-electron chi connectivity index (χ2n) is 7.07. The number of rotatable bonds is 4. The van der Waals surface area contributed by atoms with Crippen LogP contribution in [0, 0.1) is 5.82 Å². The van der Waals surface area contributed by atoms with Gasteiger partial charge in [0.05, 0.1) is 11.0 Å². The van der Waals surface area contributed by atoms with Crippen molar-refractivity contribution in [2.75, 3.05) is 32.1 Å². The van der Waals surface area contributed by atoms with Gasteiger partial charge in [0, 0.05) is 38.8 Å². The van der Waals surface area contributed by atoms with Gasteiger partial charge in [0.15, 0.2) is 0 Å². The number of likely N-dealkylation sites (tertiary alicyclic amines) is 1. The van der Waals surface area contributed by atoms with Crippen molar-refractivity contribution in [1.29, 1.82) is 0 Å². The number of aromatic nitrogens is 2. The Morgan fingerprint density at radius 1 is 1.20 bits per heavy atom. The van der Waals surface area contributed by atoms with Crippen LogP contribution in [0.4, 0.5) is 10.1 Å². The smallest absolute Gasteiger partial charge is 0.125 e. The lowest BCUT2D eigenvalue weighted by Crippen LogP contribution is -2.20. The van der Waals surface area contributed by atoms with E-state index in [1.54, 1.807) is 6.07 Å². The highest BCUT2D eigenvalue weighted by molar-refractivity contribution is 5.75. The third kappa shape index (κ3) is 3.37. The quantitative estimate of drug-likeness (QED) is 0.787. The summed E-state index contributed by atoms with van der Waals surface area (Å²) in [5, 5.41) is 0. The standard InChI is InChI=1S/C20H23FN4/c1-24(2)17-6-3-14(4-7-17)12-25-10-9-15(13-25)20-22-18-8-5-16(21)11-19(18)23-20/h3-8,11,15H,9-10,12-13H2,1-2H3,(H,22,23)/t15-/m0/s1. The van der Waals surface area contributed by atoms with Crippen LogP contribution in [0.3, 0.4) is 0 Å². The molecule has 1 fully saturated rings. The molecule has 1 aliphatic rings. The summed E-state index contributed by atoms with van der Waals surface area (Å²) in [6, 6.07) is 13.5. The molecule has 1 N–H and O–H groups in total. The van der Waals surface area contributed by atoms with E-state index in [0.29, 0.717) is 5.92 Å². The maximum Gasteiger partial charge on any atom is 0.125 e. The minimum Gasteiger partial charge on any atom is -0.378 e. The zero-order valence-corrected chi connectivity index (χ0v) is 14.7. The molecule has 0 aliphatic carbocycles. The fraction of sp³-hybridized carbons (Fsp3) is 0.350. The van der Waals surface area contributed by atoms with Crippen molar-refractivity contribution < 1.29 is 4.39 Å². The van der Waals surface area contributed by atoms with Crippen LogP contribution in [-0.2, 0) is 6.54 Å². The lowest BCUT2D eigenvalue weighted by atomic mass is 10.1. The van der Waals surface area contributed by atoms with E-state index in [1.807, 2.05) is 0 Å². The maximum atomic E-state index is 13.3. The first-order valence-electron chi connectivity index (χ1n) is 8.72. The summed E-state index contributed by atoms with van der Waals surface area (Å²) >= 11 is 0. The van der Waals surface area contributed by atoms with Crippen molar-refractivity contribution in [2.24, 2.45) is 0 Å². The zero-order chi connectivity index (χ0) is 17.4. The number of hydrogen-bond acceptors (Lipinski definition) is 3.